The molecule has 1 atom stereocenters. The van der Waals surface area contributed by atoms with E-state index in [0.29, 0.717) is 12.5 Å². The third kappa shape index (κ3) is 3.82. The second kappa shape index (κ2) is 6.11. The van der Waals surface area contributed by atoms with Gasteiger partial charge in [0.2, 0.25) is 0 Å². The lowest BCUT2D eigenvalue weighted by Gasteiger charge is -2.27. The first kappa shape index (κ1) is 12.5. The molecule has 0 aromatic carbocycles. The number of nitrogens with zero attached hydrogens (tertiary/aromatic N) is 1. The number of rotatable bonds is 6. The number of carboxylic acid groups (broad SMARTS) is 1. The summed E-state index contributed by atoms with van der Waals surface area (Å²) in [5, 5.41) is 8.81. The van der Waals surface area contributed by atoms with E-state index in [2.05, 4.69) is 18.7 Å². The highest BCUT2D eigenvalue weighted by molar-refractivity contribution is 5.67. The summed E-state index contributed by atoms with van der Waals surface area (Å²) in [5.74, 6) is 0.0795. The molecular weight excluding hydrogens is 190 g/mol. The minimum Gasteiger partial charge on any atom is -0.481 e. The van der Waals surface area contributed by atoms with Crippen LogP contribution in [-0.2, 0) is 4.79 Å². The summed E-state index contributed by atoms with van der Waals surface area (Å²) in [6, 6.07) is 0.295. The fourth-order valence-corrected chi connectivity index (χ4v) is 2.45. The summed E-state index contributed by atoms with van der Waals surface area (Å²) < 4.78 is 0. The molecule has 1 unspecified atom stereocenters. The van der Waals surface area contributed by atoms with E-state index in [-0.39, 0.29) is 0 Å². The second-order valence-electron chi connectivity index (χ2n) is 4.57. The van der Waals surface area contributed by atoms with Gasteiger partial charge in [0.15, 0.2) is 0 Å². The Hall–Kier alpha value is -0.570. The Balaban J connectivity index is 2.41. The lowest BCUT2D eigenvalue weighted by Crippen LogP contribution is -2.35. The van der Waals surface area contributed by atoms with Gasteiger partial charge in [0.25, 0.3) is 0 Å². The van der Waals surface area contributed by atoms with Gasteiger partial charge in [-0.25, -0.2) is 0 Å². The Morgan fingerprint density at radius 1 is 1.47 bits per heavy atom. The molecule has 0 aliphatic carbocycles. The smallest absolute Gasteiger partial charge is 0.304 e. The SMILES string of the molecule is CCC(CC)CN1CCCC1CC(=O)O. The van der Waals surface area contributed by atoms with Gasteiger partial charge >= 0.3 is 5.97 Å². The number of hydrogen-bond acceptors (Lipinski definition) is 2. The molecule has 0 aromatic rings. The van der Waals surface area contributed by atoms with Gasteiger partial charge in [0.1, 0.15) is 0 Å². The summed E-state index contributed by atoms with van der Waals surface area (Å²) in [7, 11) is 0. The maximum atomic E-state index is 10.7. The third-order valence-electron chi connectivity index (χ3n) is 3.56. The molecule has 0 amide bonds. The third-order valence-corrected chi connectivity index (χ3v) is 3.56. The lowest BCUT2D eigenvalue weighted by molar-refractivity contribution is -0.138. The highest BCUT2D eigenvalue weighted by Gasteiger charge is 2.27. The molecule has 1 N–H and O–H groups in total. The van der Waals surface area contributed by atoms with Crippen LogP contribution >= 0.6 is 0 Å². The highest BCUT2D eigenvalue weighted by Crippen LogP contribution is 2.23. The van der Waals surface area contributed by atoms with Crippen LogP contribution in [0.2, 0.25) is 0 Å². The van der Waals surface area contributed by atoms with Crippen molar-refractivity contribution in [1.29, 1.82) is 0 Å². The van der Waals surface area contributed by atoms with Gasteiger partial charge in [0.05, 0.1) is 6.42 Å². The van der Waals surface area contributed by atoms with Crippen molar-refractivity contribution in [1.82, 2.24) is 4.90 Å². The van der Waals surface area contributed by atoms with Crippen LogP contribution in [0.1, 0.15) is 46.0 Å². The van der Waals surface area contributed by atoms with Gasteiger partial charge in [-0.2, -0.15) is 0 Å². The molecule has 15 heavy (non-hydrogen) atoms. The Morgan fingerprint density at radius 3 is 2.67 bits per heavy atom. The predicted molar refractivity (Wildman–Crippen MR) is 60.9 cm³/mol. The number of aliphatic carboxylic acids is 1. The van der Waals surface area contributed by atoms with E-state index in [1.807, 2.05) is 0 Å². The molecule has 3 heteroatoms. The van der Waals surface area contributed by atoms with E-state index in [4.69, 9.17) is 5.11 Å². The Kier molecular flexibility index (Phi) is 5.09. The minimum atomic E-state index is -0.656. The molecule has 3 nitrogen and oxygen atoms in total. The molecule has 1 rings (SSSR count). The molecule has 0 spiro atoms. The molecule has 0 bridgehead atoms. The van der Waals surface area contributed by atoms with Crippen molar-refractivity contribution in [2.45, 2.75) is 52.0 Å². The van der Waals surface area contributed by atoms with Crippen LogP contribution in [0.25, 0.3) is 0 Å². The first-order valence-corrected chi connectivity index (χ1v) is 6.13. The van der Waals surface area contributed by atoms with Crippen LogP contribution in [0.3, 0.4) is 0 Å². The van der Waals surface area contributed by atoms with Crippen LogP contribution in [-0.4, -0.2) is 35.1 Å². The molecular formula is C12H23NO2. The van der Waals surface area contributed by atoms with Crippen LogP contribution in [0, 0.1) is 5.92 Å². The van der Waals surface area contributed by atoms with E-state index >= 15 is 0 Å². The highest BCUT2D eigenvalue weighted by atomic mass is 16.4. The zero-order valence-electron chi connectivity index (χ0n) is 9.91. The summed E-state index contributed by atoms with van der Waals surface area (Å²) in [4.78, 5) is 13.1. The van der Waals surface area contributed by atoms with Crippen LogP contribution in [0.5, 0.6) is 0 Å². The number of likely N-dealkylation sites (tertiary alicyclic amines) is 1. The maximum Gasteiger partial charge on any atom is 0.304 e. The molecule has 0 radical (unpaired) electrons. The van der Waals surface area contributed by atoms with Gasteiger partial charge in [0, 0.05) is 12.6 Å². The lowest BCUT2D eigenvalue weighted by atomic mass is 10.0. The molecule has 0 aromatic heterocycles. The van der Waals surface area contributed by atoms with Crippen molar-refractivity contribution in [2.75, 3.05) is 13.1 Å². The van der Waals surface area contributed by atoms with E-state index < -0.39 is 5.97 Å². The van der Waals surface area contributed by atoms with E-state index in [0.717, 1.165) is 31.8 Å². The molecule has 1 aliphatic heterocycles. The number of hydrogen-bond donors (Lipinski definition) is 1. The van der Waals surface area contributed by atoms with Crippen LogP contribution in [0.15, 0.2) is 0 Å². The van der Waals surface area contributed by atoms with Crippen molar-refractivity contribution < 1.29 is 9.90 Å². The average Bonchev–Trinajstić information content (AvgIpc) is 2.61. The largest absolute Gasteiger partial charge is 0.481 e. The molecule has 0 saturated carbocycles. The molecule has 1 aliphatic rings. The fraction of sp³-hybridized carbons (Fsp3) is 0.917. The average molecular weight is 213 g/mol. The monoisotopic (exact) mass is 213 g/mol. The number of carboxylic acids is 1. The number of carbonyl (C=O) groups is 1. The minimum absolute atomic E-state index is 0.295. The van der Waals surface area contributed by atoms with Gasteiger partial charge in [-0.15, -0.1) is 0 Å². The Bertz CT molecular complexity index is 202. The normalized spacial score (nSPS) is 22.5. The van der Waals surface area contributed by atoms with E-state index in [1.165, 1.54) is 12.8 Å². The van der Waals surface area contributed by atoms with Crippen molar-refractivity contribution in [3.8, 4) is 0 Å². The van der Waals surface area contributed by atoms with Crippen molar-refractivity contribution in [3.05, 3.63) is 0 Å². The Morgan fingerprint density at radius 2 is 2.13 bits per heavy atom. The fourth-order valence-electron chi connectivity index (χ4n) is 2.45. The Labute approximate surface area is 92.5 Å². The van der Waals surface area contributed by atoms with Gasteiger partial charge in [-0.3, -0.25) is 9.69 Å². The summed E-state index contributed by atoms with van der Waals surface area (Å²) in [6.45, 7) is 6.62. The zero-order valence-corrected chi connectivity index (χ0v) is 9.91. The maximum absolute atomic E-state index is 10.7. The standard InChI is InChI=1S/C12H23NO2/c1-3-10(4-2)9-13-7-5-6-11(13)8-12(14)15/h10-11H,3-9H2,1-2H3,(H,14,15). The van der Waals surface area contributed by atoms with Gasteiger partial charge < -0.3 is 5.11 Å². The first-order chi connectivity index (χ1) is 7.17. The van der Waals surface area contributed by atoms with Gasteiger partial charge in [-0.05, 0) is 25.3 Å². The van der Waals surface area contributed by atoms with E-state index in [1.54, 1.807) is 0 Å². The summed E-state index contributed by atoms with van der Waals surface area (Å²) >= 11 is 0. The summed E-state index contributed by atoms with van der Waals surface area (Å²) in [6.07, 6.45) is 4.95. The zero-order chi connectivity index (χ0) is 11.3. The van der Waals surface area contributed by atoms with Crippen molar-refractivity contribution >= 4 is 5.97 Å². The van der Waals surface area contributed by atoms with E-state index in [9.17, 15) is 4.79 Å². The van der Waals surface area contributed by atoms with Crippen molar-refractivity contribution in [3.63, 3.8) is 0 Å². The molecule has 1 fully saturated rings. The summed E-state index contributed by atoms with van der Waals surface area (Å²) in [5.41, 5.74) is 0. The van der Waals surface area contributed by atoms with Crippen LogP contribution < -0.4 is 0 Å². The predicted octanol–water partition coefficient (Wildman–Crippen LogP) is 2.36. The quantitative estimate of drug-likeness (QED) is 0.736. The first-order valence-electron chi connectivity index (χ1n) is 6.13. The van der Waals surface area contributed by atoms with Crippen LogP contribution in [0.4, 0.5) is 0 Å². The second-order valence-corrected chi connectivity index (χ2v) is 4.57. The molecule has 1 heterocycles. The van der Waals surface area contributed by atoms with Crippen molar-refractivity contribution in [2.24, 2.45) is 5.92 Å². The van der Waals surface area contributed by atoms with Gasteiger partial charge in [-0.1, -0.05) is 26.7 Å². The molecule has 1 saturated heterocycles. The molecule has 88 valence electrons. The topological polar surface area (TPSA) is 40.5 Å².